The van der Waals surface area contributed by atoms with E-state index in [9.17, 15) is 9.59 Å². The maximum absolute atomic E-state index is 14.1. The first-order valence-electron chi connectivity index (χ1n) is 15.0. The normalized spacial score (nSPS) is 13.6. The number of nitrogens with one attached hydrogen (secondary N) is 1. The fourth-order valence-corrected chi connectivity index (χ4v) is 6.19. The molecule has 0 fully saturated rings. The van der Waals surface area contributed by atoms with Crippen LogP contribution in [0, 0.1) is 0 Å². The summed E-state index contributed by atoms with van der Waals surface area (Å²) in [4.78, 5) is 39.9. The standard InChI is InChI=1S/C36H35N7O2/c1-3-42(4-2)30-17-10-24(11-18-30)25-12-19-31-26(22-25)23-43(33(31)44)36(34(37)45,27-8-6-5-7-9-27)28-13-15-29(16-14-28)40-32-20-21-39-35(38)41-32/h5-22H,3-4,23H2,1-2H3,(H2,37,45)(H3,38,39,40,41). The van der Waals surface area contributed by atoms with Crippen LogP contribution < -0.4 is 21.7 Å². The summed E-state index contributed by atoms with van der Waals surface area (Å²) in [5.41, 5.74) is 17.0. The zero-order chi connectivity index (χ0) is 31.6. The molecular weight excluding hydrogens is 562 g/mol. The van der Waals surface area contributed by atoms with Gasteiger partial charge in [-0.3, -0.25) is 9.59 Å². The second-order valence-electron chi connectivity index (χ2n) is 10.9. The molecule has 0 radical (unpaired) electrons. The monoisotopic (exact) mass is 597 g/mol. The molecule has 2 amide bonds. The van der Waals surface area contributed by atoms with E-state index in [0.717, 1.165) is 35.5 Å². The molecule has 45 heavy (non-hydrogen) atoms. The van der Waals surface area contributed by atoms with Crippen LogP contribution in [-0.2, 0) is 16.9 Å². The number of nitrogens with zero attached hydrogens (tertiary/aromatic N) is 4. The van der Waals surface area contributed by atoms with Crippen molar-refractivity contribution in [1.29, 1.82) is 0 Å². The van der Waals surface area contributed by atoms with E-state index in [2.05, 4.69) is 58.3 Å². The first-order chi connectivity index (χ1) is 21.8. The summed E-state index contributed by atoms with van der Waals surface area (Å²) >= 11 is 0. The lowest BCUT2D eigenvalue weighted by molar-refractivity contribution is -0.127. The molecule has 0 bridgehead atoms. The summed E-state index contributed by atoms with van der Waals surface area (Å²) in [5, 5.41) is 3.19. The Balaban J connectivity index is 1.37. The Morgan fingerprint density at radius 1 is 0.889 bits per heavy atom. The summed E-state index contributed by atoms with van der Waals surface area (Å²) in [6.07, 6.45) is 1.57. The van der Waals surface area contributed by atoms with Crippen molar-refractivity contribution in [3.63, 3.8) is 0 Å². The third-order valence-corrected chi connectivity index (χ3v) is 8.44. The average molecular weight is 598 g/mol. The molecule has 1 unspecified atom stereocenters. The summed E-state index contributed by atoms with van der Waals surface area (Å²) in [6, 6.07) is 32.5. The van der Waals surface area contributed by atoms with Gasteiger partial charge >= 0.3 is 0 Å². The van der Waals surface area contributed by atoms with E-state index in [-0.39, 0.29) is 18.4 Å². The maximum atomic E-state index is 14.1. The molecule has 1 aromatic heterocycles. The Bertz CT molecular complexity index is 1840. The van der Waals surface area contributed by atoms with Gasteiger partial charge in [-0.25, -0.2) is 4.98 Å². The zero-order valence-corrected chi connectivity index (χ0v) is 25.3. The van der Waals surface area contributed by atoms with E-state index in [1.807, 2.05) is 72.8 Å². The average Bonchev–Trinajstić information content (AvgIpc) is 3.39. The molecule has 1 aliphatic rings. The number of fused-ring (bicyclic) bond motifs is 1. The lowest BCUT2D eigenvalue weighted by Gasteiger charge is -2.40. The molecule has 1 aliphatic heterocycles. The van der Waals surface area contributed by atoms with Gasteiger partial charge in [-0.1, -0.05) is 60.7 Å². The molecule has 9 heteroatoms. The Labute approximate surface area is 262 Å². The molecular formula is C36H35N7O2. The Hall–Kier alpha value is -5.70. The van der Waals surface area contributed by atoms with Gasteiger partial charge in [-0.15, -0.1) is 0 Å². The first-order valence-corrected chi connectivity index (χ1v) is 15.0. The van der Waals surface area contributed by atoms with E-state index in [1.54, 1.807) is 17.2 Å². The lowest BCUT2D eigenvalue weighted by Crippen LogP contribution is -2.55. The largest absolute Gasteiger partial charge is 0.372 e. The van der Waals surface area contributed by atoms with Crippen LogP contribution in [0.2, 0.25) is 0 Å². The van der Waals surface area contributed by atoms with Crippen molar-refractivity contribution in [3.05, 3.63) is 132 Å². The molecule has 1 atom stereocenters. The summed E-state index contributed by atoms with van der Waals surface area (Å²) in [5.74, 6) is -0.218. The van der Waals surface area contributed by atoms with Crippen LogP contribution in [0.1, 0.15) is 40.9 Å². The number of amides is 2. The summed E-state index contributed by atoms with van der Waals surface area (Å²) in [7, 11) is 0. The number of primary amides is 1. The summed E-state index contributed by atoms with van der Waals surface area (Å²) in [6.45, 7) is 6.38. The molecule has 0 spiro atoms. The summed E-state index contributed by atoms with van der Waals surface area (Å²) < 4.78 is 0. The Kier molecular flexibility index (Phi) is 7.91. The smallest absolute Gasteiger partial charge is 0.255 e. The minimum Gasteiger partial charge on any atom is -0.372 e. The molecule has 2 heterocycles. The number of aromatic nitrogens is 2. The molecule has 0 saturated heterocycles. The van der Waals surface area contributed by atoms with Gasteiger partial charge in [0.2, 0.25) is 5.95 Å². The van der Waals surface area contributed by atoms with Crippen molar-refractivity contribution in [2.24, 2.45) is 5.73 Å². The number of anilines is 4. The molecule has 6 rings (SSSR count). The van der Waals surface area contributed by atoms with E-state index >= 15 is 0 Å². The van der Waals surface area contributed by atoms with E-state index < -0.39 is 11.4 Å². The quantitative estimate of drug-likeness (QED) is 0.188. The van der Waals surface area contributed by atoms with Crippen molar-refractivity contribution >= 4 is 35.0 Å². The van der Waals surface area contributed by atoms with Crippen LogP contribution in [0.25, 0.3) is 11.1 Å². The van der Waals surface area contributed by atoms with Crippen LogP contribution in [0.15, 0.2) is 109 Å². The van der Waals surface area contributed by atoms with Crippen molar-refractivity contribution in [3.8, 4) is 11.1 Å². The number of hydrogen-bond acceptors (Lipinski definition) is 7. The molecule has 9 nitrogen and oxygen atoms in total. The number of nitrogen functional groups attached to an aromatic ring is 1. The van der Waals surface area contributed by atoms with Gasteiger partial charge in [0.25, 0.3) is 11.8 Å². The van der Waals surface area contributed by atoms with Gasteiger partial charge in [-0.05, 0) is 84.1 Å². The van der Waals surface area contributed by atoms with Gasteiger partial charge in [0, 0.05) is 42.8 Å². The van der Waals surface area contributed by atoms with Gasteiger partial charge in [0.1, 0.15) is 5.82 Å². The third-order valence-electron chi connectivity index (χ3n) is 8.44. The fourth-order valence-electron chi connectivity index (χ4n) is 6.19. The van der Waals surface area contributed by atoms with Gasteiger partial charge < -0.3 is 26.6 Å². The number of nitrogens with two attached hydrogens (primary N) is 2. The maximum Gasteiger partial charge on any atom is 0.255 e. The van der Waals surface area contributed by atoms with Gasteiger partial charge in [-0.2, -0.15) is 4.98 Å². The van der Waals surface area contributed by atoms with E-state index in [0.29, 0.717) is 22.5 Å². The second-order valence-corrected chi connectivity index (χ2v) is 10.9. The molecule has 5 aromatic rings. The number of carbonyl (C=O) groups is 2. The Morgan fingerprint density at radius 3 is 2.20 bits per heavy atom. The molecule has 0 aliphatic carbocycles. The number of hydrogen-bond donors (Lipinski definition) is 3. The molecule has 5 N–H and O–H groups in total. The van der Waals surface area contributed by atoms with Crippen LogP contribution in [0.3, 0.4) is 0 Å². The minimum atomic E-state index is -1.55. The fraction of sp³-hybridized carbons (Fsp3) is 0.167. The first kappa shape index (κ1) is 29.4. The van der Waals surface area contributed by atoms with Crippen molar-refractivity contribution < 1.29 is 9.59 Å². The van der Waals surface area contributed by atoms with E-state index in [4.69, 9.17) is 11.5 Å². The Morgan fingerprint density at radius 2 is 1.56 bits per heavy atom. The van der Waals surface area contributed by atoms with Gasteiger partial charge in [0.05, 0.1) is 0 Å². The molecule has 4 aromatic carbocycles. The van der Waals surface area contributed by atoms with Crippen LogP contribution in [0.5, 0.6) is 0 Å². The van der Waals surface area contributed by atoms with Crippen molar-refractivity contribution in [2.45, 2.75) is 25.9 Å². The van der Waals surface area contributed by atoms with Crippen molar-refractivity contribution in [1.82, 2.24) is 14.9 Å². The van der Waals surface area contributed by atoms with E-state index in [1.165, 1.54) is 5.69 Å². The zero-order valence-electron chi connectivity index (χ0n) is 25.3. The number of benzene rings is 4. The molecule has 0 saturated carbocycles. The lowest BCUT2D eigenvalue weighted by atomic mass is 9.80. The van der Waals surface area contributed by atoms with Crippen LogP contribution in [-0.4, -0.2) is 39.8 Å². The van der Waals surface area contributed by atoms with Crippen LogP contribution >= 0.6 is 0 Å². The third kappa shape index (κ3) is 5.33. The predicted molar refractivity (Wildman–Crippen MR) is 178 cm³/mol. The highest BCUT2D eigenvalue weighted by atomic mass is 16.2. The minimum absolute atomic E-state index is 0.153. The number of carbonyl (C=O) groups excluding carboxylic acids is 2. The predicted octanol–water partition coefficient (Wildman–Crippen LogP) is 5.70. The molecule has 226 valence electrons. The van der Waals surface area contributed by atoms with Gasteiger partial charge in [0.15, 0.2) is 5.54 Å². The highest BCUT2D eigenvalue weighted by Crippen LogP contribution is 2.42. The number of rotatable bonds is 10. The highest BCUT2D eigenvalue weighted by Gasteiger charge is 2.51. The SMILES string of the molecule is CCN(CC)c1ccc(-c2ccc3c(c2)CN(C(C(N)=O)(c2ccccc2)c2ccc(Nc4ccnc(N)n4)cc2)C3=O)cc1. The van der Waals surface area contributed by atoms with Crippen molar-refractivity contribution in [2.75, 3.05) is 29.0 Å². The van der Waals surface area contributed by atoms with Crippen LogP contribution in [0.4, 0.5) is 23.1 Å². The second kappa shape index (κ2) is 12.1. The topological polar surface area (TPSA) is 130 Å². The highest BCUT2D eigenvalue weighted by molar-refractivity contribution is 6.04.